The van der Waals surface area contributed by atoms with Crippen molar-refractivity contribution in [2.75, 3.05) is 13.2 Å². The minimum Gasteiger partial charge on any atom is -0.501 e. The fraction of sp³-hybridized carbons (Fsp3) is 0.750. The van der Waals surface area contributed by atoms with E-state index in [1.165, 1.54) is 12.3 Å². The van der Waals surface area contributed by atoms with Gasteiger partial charge in [0.25, 0.3) is 5.91 Å². The van der Waals surface area contributed by atoms with Crippen molar-refractivity contribution >= 4 is 20.3 Å². The topological polar surface area (TPSA) is 76.7 Å². The van der Waals surface area contributed by atoms with Crippen molar-refractivity contribution in [2.24, 2.45) is 5.92 Å². The summed E-state index contributed by atoms with van der Waals surface area (Å²) in [6.07, 6.45) is 3.36. The number of hydrogen-bond donors (Lipinski definition) is 2. The summed E-state index contributed by atoms with van der Waals surface area (Å²) in [7, 11) is -1.75. The molecule has 0 unspecified atom stereocenters. The van der Waals surface area contributed by atoms with Crippen LogP contribution in [0.5, 0.6) is 0 Å². The second kappa shape index (κ2) is 7.96. The van der Waals surface area contributed by atoms with Crippen molar-refractivity contribution in [3.05, 3.63) is 12.3 Å². The molecule has 0 heterocycles. The zero-order chi connectivity index (χ0) is 17.7. The normalized spacial score (nSPS) is 21.1. The molecule has 3 amide bonds. The molecule has 0 bridgehead atoms. The SMILES string of the molecule is CCO/C=C/C(=O)NC(=O)N[C@@H]1C[C@H]1CO[Si](C)(C)C(C)(C)C. The van der Waals surface area contributed by atoms with Crippen LogP contribution in [0.15, 0.2) is 12.3 Å². The molecule has 1 aliphatic carbocycles. The van der Waals surface area contributed by atoms with E-state index in [4.69, 9.17) is 9.16 Å². The van der Waals surface area contributed by atoms with E-state index in [1.54, 1.807) is 0 Å². The minimum absolute atomic E-state index is 0.0865. The Balaban J connectivity index is 2.26. The van der Waals surface area contributed by atoms with Gasteiger partial charge in [0.05, 0.1) is 12.9 Å². The summed E-state index contributed by atoms with van der Waals surface area (Å²) in [5.74, 6) is -0.158. The molecule has 0 radical (unpaired) electrons. The Morgan fingerprint density at radius 3 is 2.52 bits per heavy atom. The number of carbonyl (C=O) groups excluding carboxylic acids is 2. The van der Waals surface area contributed by atoms with Gasteiger partial charge in [0.2, 0.25) is 0 Å². The summed E-state index contributed by atoms with van der Waals surface area (Å²) in [4.78, 5) is 23.1. The molecule has 0 spiro atoms. The predicted octanol–water partition coefficient (Wildman–Crippen LogP) is 2.77. The summed E-state index contributed by atoms with van der Waals surface area (Å²) in [5, 5.41) is 5.21. The van der Waals surface area contributed by atoms with E-state index in [2.05, 4.69) is 44.5 Å². The molecule has 1 saturated carbocycles. The summed E-state index contributed by atoms with van der Waals surface area (Å²) < 4.78 is 11.1. The average Bonchev–Trinajstić information content (AvgIpc) is 3.13. The molecular weight excluding hydrogens is 312 g/mol. The number of imide groups is 1. The maximum Gasteiger partial charge on any atom is 0.321 e. The molecule has 132 valence electrons. The van der Waals surface area contributed by atoms with E-state index in [9.17, 15) is 9.59 Å². The minimum atomic E-state index is -1.75. The second-order valence-electron chi connectivity index (χ2n) is 7.39. The van der Waals surface area contributed by atoms with E-state index < -0.39 is 20.3 Å². The van der Waals surface area contributed by atoms with Gasteiger partial charge in [-0.1, -0.05) is 20.8 Å². The van der Waals surface area contributed by atoms with Gasteiger partial charge in [-0.3, -0.25) is 10.1 Å². The summed E-state index contributed by atoms with van der Waals surface area (Å²) in [5.41, 5.74) is 0. The number of amides is 3. The lowest BCUT2D eigenvalue weighted by Gasteiger charge is -2.36. The van der Waals surface area contributed by atoms with Gasteiger partial charge in [0.1, 0.15) is 0 Å². The van der Waals surface area contributed by atoms with Crippen LogP contribution in [-0.4, -0.2) is 39.5 Å². The van der Waals surface area contributed by atoms with E-state index in [-0.39, 0.29) is 11.1 Å². The van der Waals surface area contributed by atoms with Crippen molar-refractivity contribution < 1.29 is 18.8 Å². The maximum absolute atomic E-state index is 11.7. The fourth-order valence-corrected chi connectivity index (χ4v) is 2.77. The first-order chi connectivity index (χ1) is 10.6. The molecule has 0 aliphatic heterocycles. The van der Waals surface area contributed by atoms with Gasteiger partial charge < -0.3 is 14.5 Å². The molecule has 23 heavy (non-hydrogen) atoms. The van der Waals surface area contributed by atoms with Crippen LogP contribution in [0.3, 0.4) is 0 Å². The molecule has 0 saturated heterocycles. The van der Waals surface area contributed by atoms with Gasteiger partial charge in [0, 0.05) is 24.6 Å². The molecular formula is C16H30N2O4Si. The quantitative estimate of drug-likeness (QED) is 0.424. The van der Waals surface area contributed by atoms with Crippen LogP contribution >= 0.6 is 0 Å². The molecule has 0 aromatic carbocycles. The van der Waals surface area contributed by atoms with Crippen molar-refractivity contribution in [2.45, 2.75) is 58.3 Å². The summed E-state index contributed by atoms with van der Waals surface area (Å²) in [6, 6.07) is -0.389. The Morgan fingerprint density at radius 1 is 1.30 bits per heavy atom. The molecule has 0 aromatic rings. The van der Waals surface area contributed by atoms with Gasteiger partial charge in [-0.05, 0) is 31.5 Å². The number of rotatable bonds is 7. The van der Waals surface area contributed by atoms with Crippen molar-refractivity contribution in [3.8, 4) is 0 Å². The van der Waals surface area contributed by atoms with Crippen LogP contribution in [0, 0.1) is 5.92 Å². The lowest BCUT2D eigenvalue weighted by atomic mass is 10.2. The van der Waals surface area contributed by atoms with Gasteiger partial charge in [-0.2, -0.15) is 0 Å². The third kappa shape index (κ3) is 6.74. The van der Waals surface area contributed by atoms with Crippen LogP contribution < -0.4 is 10.6 Å². The highest BCUT2D eigenvalue weighted by molar-refractivity contribution is 6.74. The van der Waals surface area contributed by atoms with Gasteiger partial charge in [-0.25, -0.2) is 4.79 Å². The number of ether oxygens (including phenoxy) is 1. The van der Waals surface area contributed by atoms with Crippen LogP contribution in [-0.2, 0) is 14.0 Å². The predicted molar refractivity (Wildman–Crippen MR) is 92.5 cm³/mol. The highest BCUT2D eigenvalue weighted by Gasteiger charge is 2.43. The Hall–Kier alpha value is -1.34. The van der Waals surface area contributed by atoms with Gasteiger partial charge in [0.15, 0.2) is 8.32 Å². The molecule has 6 nitrogen and oxygen atoms in total. The van der Waals surface area contributed by atoms with Gasteiger partial charge in [-0.15, -0.1) is 0 Å². The highest BCUT2D eigenvalue weighted by atomic mass is 28.4. The highest BCUT2D eigenvalue weighted by Crippen LogP contribution is 2.39. The Bertz CT molecular complexity index is 457. The first-order valence-electron chi connectivity index (χ1n) is 8.10. The standard InChI is InChI=1S/C16H30N2O4Si/c1-7-21-9-8-14(19)18-15(20)17-13-10-12(13)11-22-23(5,6)16(2,3)4/h8-9,12-13H,7,10-11H2,1-6H3,(H2,17,18,19,20)/b9-8+/t12-,13+/m0/s1. The Morgan fingerprint density at radius 2 is 1.96 bits per heavy atom. The first-order valence-corrected chi connectivity index (χ1v) is 11.0. The third-order valence-corrected chi connectivity index (χ3v) is 8.92. The van der Waals surface area contributed by atoms with Crippen LogP contribution in [0.25, 0.3) is 0 Å². The van der Waals surface area contributed by atoms with Crippen molar-refractivity contribution in [3.63, 3.8) is 0 Å². The lowest BCUT2D eigenvalue weighted by Crippen LogP contribution is -2.42. The maximum atomic E-state index is 11.7. The Kier molecular flexibility index (Phi) is 6.82. The molecule has 2 atom stereocenters. The summed E-state index contributed by atoms with van der Waals surface area (Å²) >= 11 is 0. The molecule has 1 fully saturated rings. The number of urea groups is 1. The van der Waals surface area contributed by atoms with E-state index in [1.807, 2.05) is 6.92 Å². The Labute approximate surface area is 140 Å². The summed E-state index contributed by atoms with van der Waals surface area (Å²) in [6.45, 7) is 14.0. The van der Waals surface area contributed by atoms with Crippen molar-refractivity contribution in [1.82, 2.24) is 10.6 Å². The average molecular weight is 343 g/mol. The molecule has 0 aromatic heterocycles. The van der Waals surface area contributed by atoms with Crippen LogP contribution in [0.2, 0.25) is 18.1 Å². The van der Waals surface area contributed by atoms with Gasteiger partial charge >= 0.3 is 6.03 Å². The van der Waals surface area contributed by atoms with E-state index in [0.29, 0.717) is 19.1 Å². The monoisotopic (exact) mass is 342 g/mol. The van der Waals surface area contributed by atoms with E-state index >= 15 is 0 Å². The molecule has 7 heteroatoms. The number of nitrogens with one attached hydrogen (secondary N) is 2. The number of carbonyl (C=O) groups is 2. The second-order valence-corrected chi connectivity index (χ2v) is 12.2. The molecule has 1 aliphatic rings. The smallest absolute Gasteiger partial charge is 0.321 e. The van der Waals surface area contributed by atoms with Crippen LogP contribution in [0.1, 0.15) is 34.1 Å². The first kappa shape index (κ1) is 19.7. The van der Waals surface area contributed by atoms with Crippen molar-refractivity contribution in [1.29, 1.82) is 0 Å². The zero-order valence-electron chi connectivity index (χ0n) is 15.1. The molecule has 1 rings (SSSR count). The third-order valence-electron chi connectivity index (χ3n) is 4.42. The largest absolute Gasteiger partial charge is 0.501 e. The van der Waals surface area contributed by atoms with E-state index in [0.717, 1.165) is 6.42 Å². The zero-order valence-corrected chi connectivity index (χ0v) is 16.1. The van der Waals surface area contributed by atoms with Crippen LogP contribution in [0.4, 0.5) is 4.79 Å². The number of hydrogen-bond acceptors (Lipinski definition) is 4. The fourth-order valence-electron chi connectivity index (χ4n) is 1.70. The lowest BCUT2D eigenvalue weighted by molar-refractivity contribution is -0.115. The molecule has 2 N–H and O–H groups in total.